The van der Waals surface area contributed by atoms with Crippen molar-refractivity contribution in [1.29, 1.82) is 5.26 Å². The number of nitriles is 1. The lowest BCUT2D eigenvalue weighted by Crippen LogP contribution is -2.41. The molecular weight excluding hydrogens is 380 g/mol. The van der Waals surface area contributed by atoms with Gasteiger partial charge >= 0.3 is 0 Å². The molecule has 2 fully saturated rings. The first-order chi connectivity index (χ1) is 14.5. The van der Waals surface area contributed by atoms with Crippen molar-refractivity contribution >= 4 is 16.8 Å². The normalized spacial score (nSPS) is 18.7. The molecule has 0 N–H and O–H groups in total. The fourth-order valence-electron chi connectivity index (χ4n) is 4.24. The fraction of sp³-hybridized carbons (Fsp3) is 0.500. The molecule has 3 heterocycles. The first kappa shape index (κ1) is 18.8. The van der Waals surface area contributed by atoms with Crippen molar-refractivity contribution in [1.82, 2.24) is 24.8 Å². The monoisotopic (exact) mass is 404 g/mol. The van der Waals surface area contributed by atoms with Gasteiger partial charge in [0, 0.05) is 36.0 Å². The Kier molecular flexibility index (Phi) is 4.35. The van der Waals surface area contributed by atoms with E-state index in [1.807, 2.05) is 27.9 Å². The van der Waals surface area contributed by atoms with Crippen molar-refractivity contribution < 1.29 is 9.32 Å². The summed E-state index contributed by atoms with van der Waals surface area (Å²) in [6.45, 7) is 5.46. The van der Waals surface area contributed by atoms with Crippen molar-refractivity contribution in [2.45, 2.75) is 51.5 Å². The van der Waals surface area contributed by atoms with Gasteiger partial charge in [-0.05, 0) is 45.6 Å². The second-order valence-corrected chi connectivity index (χ2v) is 8.67. The fourth-order valence-corrected chi connectivity index (χ4v) is 4.24. The number of hydrogen-bond acceptors (Lipinski definition) is 6. The van der Waals surface area contributed by atoms with E-state index in [0.29, 0.717) is 37.6 Å². The zero-order valence-electron chi connectivity index (χ0n) is 17.2. The summed E-state index contributed by atoms with van der Waals surface area (Å²) in [6, 6.07) is 8.53. The first-order valence-electron chi connectivity index (χ1n) is 10.5. The van der Waals surface area contributed by atoms with Crippen LogP contribution in [0.25, 0.3) is 22.3 Å². The van der Waals surface area contributed by atoms with E-state index >= 15 is 0 Å². The molecule has 1 aromatic carbocycles. The molecule has 1 saturated heterocycles. The minimum Gasteiger partial charge on any atom is -0.341 e. The Bertz CT molecular complexity index is 1140. The number of fused-ring (bicyclic) bond motifs is 1. The van der Waals surface area contributed by atoms with E-state index in [-0.39, 0.29) is 17.9 Å². The van der Waals surface area contributed by atoms with E-state index in [0.717, 1.165) is 29.3 Å². The number of carbonyl (C=O) groups is 1. The molecule has 2 aromatic heterocycles. The summed E-state index contributed by atoms with van der Waals surface area (Å²) in [6.07, 6.45) is 4.79. The van der Waals surface area contributed by atoms with Crippen molar-refractivity contribution in [3.05, 3.63) is 30.3 Å². The van der Waals surface area contributed by atoms with E-state index in [2.05, 4.69) is 41.2 Å². The lowest BCUT2D eigenvalue weighted by molar-refractivity contribution is -0.136. The van der Waals surface area contributed by atoms with Gasteiger partial charge in [0.05, 0.1) is 17.8 Å². The predicted molar refractivity (Wildman–Crippen MR) is 109 cm³/mol. The molecule has 8 heteroatoms. The number of benzene rings is 1. The molecule has 0 radical (unpaired) electrons. The maximum atomic E-state index is 12.6. The molecule has 1 saturated carbocycles. The second kappa shape index (κ2) is 6.94. The van der Waals surface area contributed by atoms with Gasteiger partial charge in [-0.15, -0.1) is 0 Å². The van der Waals surface area contributed by atoms with Crippen molar-refractivity contribution in [3.63, 3.8) is 0 Å². The number of likely N-dealkylation sites (tertiary alicyclic amines) is 1. The third-order valence-electron chi connectivity index (χ3n) is 6.29. The summed E-state index contributed by atoms with van der Waals surface area (Å²) in [5.41, 5.74) is 1.20. The van der Waals surface area contributed by atoms with Gasteiger partial charge in [0.2, 0.25) is 17.6 Å². The summed E-state index contributed by atoms with van der Waals surface area (Å²) in [5, 5.41) is 19.0. The standard InChI is InChI=1S/C22H24N6O2/c1-14(2)28-18-11-16(3-4-17(18)12-24-28)19-25-20(30-26-19)15-5-9-27(10-6-15)21(29)22(13-23)7-8-22/h3-4,11-12,14-15H,5-10H2,1-2H3. The molecule has 0 spiro atoms. The van der Waals surface area contributed by atoms with Crippen LogP contribution in [0, 0.1) is 16.7 Å². The molecule has 1 amide bonds. The SMILES string of the molecule is CC(C)n1ncc2ccc(-c3noc(C4CCN(C(=O)C5(C#N)CC5)CC4)n3)cc21. The Hall–Kier alpha value is -3.21. The smallest absolute Gasteiger partial charge is 0.243 e. The number of rotatable bonds is 4. The molecule has 154 valence electrons. The Balaban J connectivity index is 1.31. The number of nitrogens with zero attached hydrogens (tertiary/aromatic N) is 6. The number of carbonyl (C=O) groups excluding carboxylic acids is 1. The molecule has 30 heavy (non-hydrogen) atoms. The van der Waals surface area contributed by atoms with Gasteiger partial charge in [0.15, 0.2) is 0 Å². The van der Waals surface area contributed by atoms with Gasteiger partial charge in [-0.2, -0.15) is 15.3 Å². The Morgan fingerprint density at radius 3 is 2.73 bits per heavy atom. The number of amides is 1. The quantitative estimate of drug-likeness (QED) is 0.657. The van der Waals surface area contributed by atoms with Gasteiger partial charge in [-0.1, -0.05) is 17.3 Å². The summed E-state index contributed by atoms with van der Waals surface area (Å²) >= 11 is 0. The van der Waals surface area contributed by atoms with Gasteiger partial charge < -0.3 is 9.42 Å². The van der Waals surface area contributed by atoms with Crippen LogP contribution >= 0.6 is 0 Å². The number of aromatic nitrogens is 4. The van der Waals surface area contributed by atoms with Crippen LogP contribution in [0.1, 0.15) is 57.4 Å². The van der Waals surface area contributed by atoms with Crippen LogP contribution in [0.15, 0.2) is 28.9 Å². The van der Waals surface area contributed by atoms with E-state index in [1.165, 1.54) is 0 Å². The van der Waals surface area contributed by atoms with Crippen LogP contribution in [0.2, 0.25) is 0 Å². The molecule has 0 unspecified atom stereocenters. The van der Waals surface area contributed by atoms with E-state index in [1.54, 1.807) is 0 Å². The first-order valence-corrected chi connectivity index (χ1v) is 10.5. The number of piperidine rings is 1. The zero-order valence-corrected chi connectivity index (χ0v) is 17.2. The van der Waals surface area contributed by atoms with Gasteiger partial charge in [0.1, 0.15) is 5.41 Å². The van der Waals surface area contributed by atoms with E-state index in [9.17, 15) is 10.1 Å². The molecule has 0 atom stereocenters. The summed E-state index contributed by atoms with van der Waals surface area (Å²) < 4.78 is 7.57. The van der Waals surface area contributed by atoms with Crippen LogP contribution in [-0.4, -0.2) is 43.8 Å². The molecule has 2 aliphatic rings. The van der Waals surface area contributed by atoms with Crippen molar-refractivity contribution in [2.24, 2.45) is 5.41 Å². The maximum Gasteiger partial charge on any atom is 0.243 e. The highest BCUT2D eigenvalue weighted by molar-refractivity contribution is 5.88. The summed E-state index contributed by atoms with van der Waals surface area (Å²) in [5.74, 6) is 1.32. The Morgan fingerprint density at radius 2 is 2.07 bits per heavy atom. The largest absolute Gasteiger partial charge is 0.341 e. The lowest BCUT2D eigenvalue weighted by atomic mass is 9.95. The summed E-state index contributed by atoms with van der Waals surface area (Å²) in [4.78, 5) is 19.0. The predicted octanol–water partition coefficient (Wildman–Crippen LogP) is 3.68. The second-order valence-electron chi connectivity index (χ2n) is 8.67. The van der Waals surface area contributed by atoms with Crippen LogP contribution in [-0.2, 0) is 4.79 Å². The minimum atomic E-state index is -0.744. The molecular formula is C22H24N6O2. The van der Waals surface area contributed by atoms with Gasteiger partial charge in [0.25, 0.3) is 0 Å². The van der Waals surface area contributed by atoms with Gasteiger partial charge in [-0.3, -0.25) is 9.48 Å². The van der Waals surface area contributed by atoms with E-state index in [4.69, 9.17) is 4.52 Å². The highest BCUT2D eigenvalue weighted by Gasteiger charge is 2.52. The zero-order chi connectivity index (χ0) is 20.9. The van der Waals surface area contributed by atoms with Crippen LogP contribution < -0.4 is 0 Å². The van der Waals surface area contributed by atoms with E-state index < -0.39 is 5.41 Å². The average Bonchev–Trinajstić information content (AvgIpc) is 3.21. The minimum absolute atomic E-state index is 0.00950. The summed E-state index contributed by atoms with van der Waals surface area (Å²) in [7, 11) is 0. The lowest BCUT2D eigenvalue weighted by Gasteiger charge is -2.31. The van der Waals surface area contributed by atoms with Crippen molar-refractivity contribution in [3.8, 4) is 17.5 Å². The third-order valence-corrected chi connectivity index (χ3v) is 6.29. The molecule has 1 aliphatic heterocycles. The molecule has 3 aromatic rings. The Morgan fingerprint density at radius 1 is 1.30 bits per heavy atom. The van der Waals surface area contributed by atoms with Crippen LogP contribution in [0.3, 0.4) is 0 Å². The Labute approximate surface area is 174 Å². The van der Waals surface area contributed by atoms with Crippen LogP contribution in [0.5, 0.6) is 0 Å². The van der Waals surface area contributed by atoms with Crippen LogP contribution in [0.4, 0.5) is 0 Å². The molecule has 5 rings (SSSR count). The maximum absolute atomic E-state index is 12.6. The topological polar surface area (TPSA) is 101 Å². The molecule has 8 nitrogen and oxygen atoms in total. The molecule has 1 aliphatic carbocycles. The highest BCUT2D eigenvalue weighted by atomic mass is 16.5. The number of hydrogen-bond donors (Lipinski definition) is 0. The van der Waals surface area contributed by atoms with Gasteiger partial charge in [-0.25, -0.2) is 0 Å². The average molecular weight is 404 g/mol. The third kappa shape index (κ3) is 3.05. The van der Waals surface area contributed by atoms with Crippen molar-refractivity contribution in [2.75, 3.05) is 13.1 Å². The molecule has 0 bridgehead atoms. The highest BCUT2D eigenvalue weighted by Crippen LogP contribution is 2.47.